The van der Waals surface area contributed by atoms with Gasteiger partial charge in [-0.2, -0.15) is 0 Å². The zero-order valence-corrected chi connectivity index (χ0v) is 9.12. The molecule has 0 rings (SSSR count). The first kappa shape index (κ1) is 13.0. The summed E-state index contributed by atoms with van der Waals surface area (Å²) in [6, 6.07) is 0.0808. The van der Waals surface area contributed by atoms with E-state index < -0.39 is 6.09 Å². The van der Waals surface area contributed by atoms with Crippen molar-refractivity contribution in [2.45, 2.75) is 45.6 Å². The molecule has 0 aliphatic rings. The van der Waals surface area contributed by atoms with Gasteiger partial charge in [-0.15, -0.1) is 6.58 Å². The average molecular weight is 199 g/mol. The Morgan fingerprint density at radius 3 is 2.57 bits per heavy atom. The normalized spacial score (nSPS) is 12.5. The van der Waals surface area contributed by atoms with Gasteiger partial charge < -0.3 is 10.4 Å². The fourth-order valence-electron chi connectivity index (χ4n) is 1.38. The number of hydrogen-bond donors (Lipinski definition) is 2. The largest absolute Gasteiger partial charge is 0.465 e. The van der Waals surface area contributed by atoms with Gasteiger partial charge in [-0.1, -0.05) is 26.3 Å². The second kappa shape index (κ2) is 7.42. The van der Waals surface area contributed by atoms with Gasteiger partial charge >= 0.3 is 6.09 Å². The molecule has 0 radical (unpaired) electrons. The monoisotopic (exact) mass is 199 g/mol. The van der Waals surface area contributed by atoms with Crippen LogP contribution in [0.15, 0.2) is 12.7 Å². The van der Waals surface area contributed by atoms with Crippen LogP contribution in [-0.2, 0) is 0 Å². The molecule has 3 heteroatoms. The zero-order chi connectivity index (χ0) is 11.0. The van der Waals surface area contributed by atoms with Gasteiger partial charge in [0.1, 0.15) is 0 Å². The molecular weight excluding hydrogens is 178 g/mol. The topological polar surface area (TPSA) is 49.3 Å². The van der Waals surface area contributed by atoms with Crippen molar-refractivity contribution in [3.8, 4) is 0 Å². The molecule has 1 amide bonds. The lowest BCUT2D eigenvalue weighted by Crippen LogP contribution is -2.37. The molecular formula is C11H21NO2. The maximum Gasteiger partial charge on any atom is 0.404 e. The predicted octanol–water partition coefficient (Wildman–Crippen LogP) is 3.03. The number of carbonyl (C=O) groups is 1. The maximum atomic E-state index is 10.5. The van der Waals surface area contributed by atoms with Crippen LogP contribution in [-0.4, -0.2) is 17.2 Å². The third-order valence-electron chi connectivity index (χ3n) is 2.29. The minimum atomic E-state index is -0.924. The van der Waals surface area contributed by atoms with Crippen molar-refractivity contribution < 1.29 is 9.90 Å². The van der Waals surface area contributed by atoms with E-state index in [1.54, 1.807) is 0 Å². The van der Waals surface area contributed by atoms with E-state index in [2.05, 4.69) is 11.9 Å². The van der Waals surface area contributed by atoms with E-state index in [0.717, 1.165) is 25.7 Å². The summed E-state index contributed by atoms with van der Waals surface area (Å²) in [7, 11) is 0. The number of unbranched alkanes of at least 4 members (excludes halogenated alkanes) is 2. The number of nitrogens with one attached hydrogen (secondary N) is 1. The first-order valence-electron chi connectivity index (χ1n) is 5.18. The Kier molecular flexibility index (Phi) is 6.89. The average Bonchev–Trinajstić information content (AvgIpc) is 2.09. The van der Waals surface area contributed by atoms with Crippen molar-refractivity contribution >= 4 is 6.09 Å². The lowest BCUT2D eigenvalue weighted by atomic mass is 9.98. The quantitative estimate of drug-likeness (QED) is 0.489. The van der Waals surface area contributed by atoms with E-state index in [4.69, 9.17) is 5.11 Å². The summed E-state index contributed by atoms with van der Waals surface area (Å²) < 4.78 is 0. The van der Waals surface area contributed by atoms with Crippen LogP contribution in [0, 0.1) is 5.92 Å². The SMILES string of the molecule is C=CCCCCC(NC(=O)O)C(C)C. The van der Waals surface area contributed by atoms with E-state index in [1.807, 2.05) is 19.9 Å². The van der Waals surface area contributed by atoms with Gasteiger partial charge in [-0.3, -0.25) is 0 Å². The molecule has 0 aliphatic heterocycles. The summed E-state index contributed by atoms with van der Waals surface area (Å²) in [6.07, 6.45) is 5.04. The molecule has 0 fully saturated rings. The van der Waals surface area contributed by atoms with E-state index in [-0.39, 0.29) is 6.04 Å². The molecule has 0 aliphatic carbocycles. The predicted molar refractivity (Wildman–Crippen MR) is 58.5 cm³/mol. The third-order valence-corrected chi connectivity index (χ3v) is 2.29. The number of rotatable bonds is 7. The minimum Gasteiger partial charge on any atom is -0.465 e. The molecule has 1 unspecified atom stereocenters. The van der Waals surface area contributed by atoms with Crippen LogP contribution in [0.2, 0.25) is 0 Å². The third kappa shape index (κ3) is 6.52. The molecule has 0 aromatic heterocycles. The molecule has 82 valence electrons. The van der Waals surface area contributed by atoms with Gasteiger partial charge in [-0.25, -0.2) is 4.79 Å². The highest BCUT2D eigenvalue weighted by atomic mass is 16.4. The minimum absolute atomic E-state index is 0.0808. The van der Waals surface area contributed by atoms with Gasteiger partial charge in [0.05, 0.1) is 0 Å². The first-order valence-corrected chi connectivity index (χ1v) is 5.18. The van der Waals surface area contributed by atoms with Crippen molar-refractivity contribution in [2.24, 2.45) is 5.92 Å². The maximum absolute atomic E-state index is 10.5. The van der Waals surface area contributed by atoms with Crippen LogP contribution >= 0.6 is 0 Å². The van der Waals surface area contributed by atoms with E-state index in [9.17, 15) is 4.79 Å². The highest BCUT2D eigenvalue weighted by Crippen LogP contribution is 2.11. The number of carboxylic acid groups (broad SMARTS) is 1. The Labute approximate surface area is 86.2 Å². The molecule has 0 aromatic carbocycles. The van der Waals surface area contributed by atoms with Gasteiger partial charge in [-0.05, 0) is 25.2 Å². The molecule has 0 aromatic rings. The van der Waals surface area contributed by atoms with Crippen LogP contribution in [0.25, 0.3) is 0 Å². The first-order chi connectivity index (χ1) is 6.57. The zero-order valence-electron chi connectivity index (χ0n) is 9.12. The Morgan fingerprint density at radius 2 is 2.14 bits per heavy atom. The Balaban J connectivity index is 3.73. The molecule has 2 N–H and O–H groups in total. The number of hydrogen-bond acceptors (Lipinski definition) is 1. The molecule has 3 nitrogen and oxygen atoms in total. The van der Waals surface area contributed by atoms with Gasteiger partial charge in [0, 0.05) is 6.04 Å². The van der Waals surface area contributed by atoms with Gasteiger partial charge in [0.25, 0.3) is 0 Å². The fraction of sp³-hybridized carbons (Fsp3) is 0.727. The number of amides is 1. The summed E-state index contributed by atoms with van der Waals surface area (Å²) >= 11 is 0. The van der Waals surface area contributed by atoms with Crippen LogP contribution in [0.1, 0.15) is 39.5 Å². The van der Waals surface area contributed by atoms with E-state index >= 15 is 0 Å². The second-order valence-corrected chi connectivity index (χ2v) is 3.87. The van der Waals surface area contributed by atoms with Crippen molar-refractivity contribution in [3.63, 3.8) is 0 Å². The van der Waals surface area contributed by atoms with E-state index in [0.29, 0.717) is 5.92 Å². The molecule has 0 bridgehead atoms. The summed E-state index contributed by atoms with van der Waals surface area (Å²) in [4.78, 5) is 10.5. The van der Waals surface area contributed by atoms with Gasteiger partial charge in [0.15, 0.2) is 0 Å². The molecule has 0 saturated heterocycles. The molecule has 0 heterocycles. The lowest BCUT2D eigenvalue weighted by molar-refractivity contribution is 0.184. The summed E-state index contributed by atoms with van der Waals surface area (Å²) in [5.41, 5.74) is 0. The van der Waals surface area contributed by atoms with Crippen molar-refractivity contribution in [1.29, 1.82) is 0 Å². The van der Waals surface area contributed by atoms with Crippen LogP contribution in [0.3, 0.4) is 0 Å². The summed E-state index contributed by atoms with van der Waals surface area (Å²) in [5.74, 6) is 0.356. The smallest absolute Gasteiger partial charge is 0.404 e. The lowest BCUT2D eigenvalue weighted by Gasteiger charge is -2.20. The summed E-state index contributed by atoms with van der Waals surface area (Å²) in [5, 5.41) is 11.2. The van der Waals surface area contributed by atoms with Crippen LogP contribution < -0.4 is 5.32 Å². The van der Waals surface area contributed by atoms with Crippen LogP contribution in [0.4, 0.5) is 4.79 Å². The van der Waals surface area contributed by atoms with Crippen molar-refractivity contribution in [2.75, 3.05) is 0 Å². The highest BCUT2D eigenvalue weighted by molar-refractivity contribution is 5.64. The second-order valence-electron chi connectivity index (χ2n) is 3.87. The fourth-order valence-corrected chi connectivity index (χ4v) is 1.38. The Hall–Kier alpha value is -0.990. The van der Waals surface area contributed by atoms with Crippen LogP contribution in [0.5, 0.6) is 0 Å². The number of allylic oxidation sites excluding steroid dienone is 1. The Morgan fingerprint density at radius 1 is 1.50 bits per heavy atom. The summed E-state index contributed by atoms with van der Waals surface area (Å²) in [6.45, 7) is 7.72. The standard InChI is InChI=1S/C11H21NO2/c1-4-5-6-7-8-10(9(2)3)12-11(13)14/h4,9-10,12H,1,5-8H2,2-3H3,(H,13,14). The Bertz CT molecular complexity index is 178. The molecule has 14 heavy (non-hydrogen) atoms. The van der Waals surface area contributed by atoms with Crippen molar-refractivity contribution in [3.05, 3.63) is 12.7 Å². The molecule has 0 saturated carbocycles. The van der Waals surface area contributed by atoms with Gasteiger partial charge in [0.2, 0.25) is 0 Å². The molecule has 1 atom stereocenters. The van der Waals surface area contributed by atoms with E-state index in [1.165, 1.54) is 0 Å². The molecule has 0 spiro atoms. The van der Waals surface area contributed by atoms with Crippen molar-refractivity contribution in [1.82, 2.24) is 5.32 Å². The highest BCUT2D eigenvalue weighted by Gasteiger charge is 2.14.